The first kappa shape index (κ1) is 17.5. The van der Waals surface area contributed by atoms with E-state index in [1.165, 1.54) is 11.8 Å². The van der Waals surface area contributed by atoms with Crippen LogP contribution in [0.4, 0.5) is 5.69 Å². The number of anilines is 1. The molecule has 1 N–H and O–H groups in total. The largest absolute Gasteiger partial charge is 0.334 e. The van der Waals surface area contributed by atoms with Gasteiger partial charge in [-0.15, -0.1) is 0 Å². The molecule has 2 aliphatic heterocycles. The van der Waals surface area contributed by atoms with Crippen LogP contribution in [0, 0.1) is 11.8 Å². The molecule has 2 fully saturated rings. The molecule has 140 valence electrons. The molecule has 1 aromatic rings. The van der Waals surface area contributed by atoms with Crippen LogP contribution < -0.4 is 5.32 Å². The van der Waals surface area contributed by atoms with Gasteiger partial charge >= 0.3 is 0 Å². The van der Waals surface area contributed by atoms with Crippen LogP contribution in [0.25, 0.3) is 0 Å². The molecule has 4 rings (SSSR count). The van der Waals surface area contributed by atoms with Crippen LogP contribution in [0.5, 0.6) is 0 Å². The number of hydrogen-bond acceptors (Lipinski definition) is 4. The monoisotopic (exact) mass is 367 g/mol. The van der Waals surface area contributed by atoms with E-state index in [-0.39, 0.29) is 41.5 Å². The minimum absolute atomic E-state index is 0.0916. The minimum atomic E-state index is -0.228. The van der Waals surface area contributed by atoms with E-state index in [0.29, 0.717) is 37.2 Å². The van der Waals surface area contributed by atoms with E-state index in [2.05, 4.69) is 5.32 Å². The zero-order valence-electron chi connectivity index (χ0n) is 15.1. The number of nitrogens with zero attached hydrogens (tertiary/aromatic N) is 2. The highest BCUT2D eigenvalue weighted by Crippen LogP contribution is 2.37. The van der Waals surface area contributed by atoms with Crippen molar-refractivity contribution in [3.63, 3.8) is 0 Å². The Hall–Kier alpha value is -2.96. The van der Waals surface area contributed by atoms with Gasteiger partial charge in [-0.3, -0.25) is 24.1 Å². The molecule has 1 aliphatic carbocycles. The Kier molecular flexibility index (Phi) is 4.30. The average molecular weight is 367 g/mol. The van der Waals surface area contributed by atoms with Crippen molar-refractivity contribution in [3.8, 4) is 0 Å². The number of amides is 4. The Morgan fingerprint density at radius 3 is 2.04 bits per heavy atom. The molecule has 0 bridgehead atoms. The summed E-state index contributed by atoms with van der Waals surface area (Å²) < 4.78 is 0. The van der Waals surface area contributed by atoms with Gasteiger partial charge in [0, 0.05) is 31.3 Å². The summed E-state index contributed by atoms with van der Waals surface area (Å²) in [4.78, 5) is 51.8. The van der Waals surface area contributed by atoms with E-state index >= 15 is 0 Å². The summed E-state index contributed by atoms with van der Waals surface area (Å²) in [5, 5.41) is 2.66. The van der Waals surface area contributed by atoms with Gasteiger partial charge in [0.25, 0.3) is 5.91 Å². The van der Waals surface area contributed by atoms with Gasteiger partial charge in [-0.25, -0.2) is 0 Å². The van der Waals surface area contributed by atoms with Gasteiger partial charge in [0.2, 0.25) is 17.7 Å². The molecule has 4 amide bonds. The fraction of sp³-hybridized carbons (Fsp3) is 0.400. The zero-order chi connectivity index (χ0) is 19.1. The molecule has 0 aromatic heterocycles. The van der Waals surface area contributed by atoms with Gasteiger partial charge in [-0.1, -0.05) is 12.2 Å². The fourth-order valence-corrected chi connectivity index (χ4v) is 4.05. The summed E-state index contributed by atoms with van der Waals surface area (Å²) in [6.45, 7) is 2.17. The Balaban J connectivity index is 1.38. The Morgan fingerprint density at radius 2 is 1.52 bits per heavy atom. The second-order valence-corrected chi connectivity index (χ2v) is 7.32. The van der Waals surface area contributed by atoms with Crippen LogP contribution in [-0.4, -0.2) is 52.6 Å². The topological polar surface area (TPSA) is 86.8 Å². The van der Waals surface area contributed by atoms with E-state index in [1.807, 2.05) is 12.2 Å². The van der Waals surface area contributed by atoms with Gasteiger partial charge in [0.05, 0.1) is 17.9 Å². The molecule has 0 radical (unpaired) electrons. The molecular weight excluding hydrogens is 346 g/mol. The van der Waals surface area contributed by atoms with E-state index in [0.717, 1.165) is 0 Å². The third-order valence-corrected chi connectivity index (χ3v) is 5.51. The Labute approximate surface area is 157 Å². The highest BCUT2D eigenvalue weighted by Gasteiger charge is 2.52. The summed E-state index contributed by atoms with van der Waals surface area (Å²) >= 11 is 0. The van der Waals surface area contributed by atoms with Crippen LogP contribution in [0.1, 0.15) is 30.1 Å². The van der Waals surface area contributed by atoms with Gasteiger partial charge in [-0.2, -0.15) is 0 Å². The summed E-state index contributed by atoms with van der Waals surface area (Å²) in [5.41, 5.74) is 1.14. The lowest BCUT2D eigenvalue weighted by molar-refractivity contribution is -0.145. The molecule has 2 heterocycles. The molecule has 2 unspecified atom stereocenters. The lowest BCUT2D eigenvalue weighted by Crippen LogP contribution is -2.62. The van der Waals surface area contributed by atoms with Gasteiger partial charge in [-0.05, 0) is 37.1 Å². The van der Waals surface area contributed by atoms with E-state index in [4.69, 9.17) is 0 Å². The first-order chi connectivity index (χ1) is 13.0. The summed E-state index contributed by atoms with van der Waals surface area (Å²) in [6, 6.07) is 6.45. The molecule has 7 heteroatoms. The second kappa shape index (κ2) is 6.64. The molecule has 0 saturated carbocycles. The number of fused-ring (bicyclic) bond motifs is 1. The quantitative estimate of drug-likeness (QED) is 0.647. The number of carbonyl (C=O) groups is 4. The molecule has 2 atom stereocenters. The van der Waals surface area contributed by atoms with Crippen molar-refractivity contribution in [2.45, 2.75) is 25.8 Å². The highest BCUT2D eigenvalue weighted by atomic mass is 16.2. The number of rotatable bonds is 3. The van der Waals surface area contributed by atoms with Crippen LogP contribution in [0.3, 0.4) is 0 Å². The van der Waals surface area contributed by atoms with Crippen molar-refractivity contribution in [2.24, 2.45) is 11.8 Å². The summed E-state index contributed by atoms with van der Waals surface area (Å²) in [7, 11) is 0. The summed E-state index contributed by atoms with van der Waals surface area (Å²) in [6.07, 6.45) is 5.19. The van der Waals surface area contributed by atoms with Gasteiger partial charge in [0.15, 0.2) is 0 Å². The van der Waals surface area contributed by atoms with Crippen LogP contribution >= 0.6 is 0 Å². The van der Waals surface area contributed by atoms with Crippen molar-refractivity contribution < 1.29 is 19.2 Å². The fourth-order valence-electron chi connectivity index (χ4n) is 4.05. The SMILES string of the molecule is CC(=O)Nc1ccc(C(=O)N2CC(N3C(=O)C4CC=CCC4C3=O)C2)cc1. The normalized spacial score (nSPS) is 24.6. The third kappa shape index (κ3) is 3.03. The maximum atomic E-state index is 12.6. The minimum Gasteiger partial charge on any atom is -0.334 e. The molecule has 3 aliphatic rings. The number of imide groups is 1. The number of nitrogens with one attached hydrogen (secondary N) is 1. The number of allylic oxidation sites excluding steroid dienone is 2. The van der Waals surface area contributed by atoms with Crippen LogP contribution in [0.15, 0.2) is 36.4 Å². The van der Waals surface area contributed by atoms with Gasteiger partial charge in [0.1, 0.15) is 0 Å². The van der Waals surface area contributed by atoms with E-state index in [9.17, 15) is 19.2 Å². The molecule has 27 heavy (non-hydrogen) atoms. The lowest BCUT2D eigenvalue weighted by atomic mass is 9.85. The standard InChI is InChI=1S/C20H21N3O4/c1-12(24)21-14-8-6-13(7-9-14)18(25)22-10-15(11-22)23-19(26)16-4-2-3-5-17(16)20(23)27/h2-3,6-9,15-17H,4-5,10-11H2,1H3,(H,21,24). The predicted octanol–water partition coefficient (Wildman–Crippen LogP) is 1.42. The Bertz CT molecular complexity index is 813. The number of carbonyl (C=O) groups excluding carboxylic acids is 4. The van der Waals surface area contributed by atoms with E-state index in [1.54, 1.807) is 29.2 Å². The predicted molar refractivity (Wildman–Crippen MR) is 97.6 cm³/mol. The molecule has 1 aromatic carbocycles. The highest BCUT2D eigenvalue weighted by molar-refractivity contribution is 6.06. The maximum absolute atomic E-state index is 12.6. The van der Waals surface area contributed by atoms with Crippen molar-refractivity contribution in [3.05, 3.63) is 42.0 Å². The average Bonchev–Trinajstić information content (AvgIpc) is 2.86. The zero-order valence-corrected chi connectivity index (χ0v) is 15.1. The molecule has 0 spiro atoms. The smallest absolute Gasteiger partial charge is 0.253 e. The van der Waals surface area contributed by atoms with Crippen molar-refractivity contribution >= 4 is 29.3 Å². The Morgan fingerprint density at radius 1 is 0.963 bits per heavy atom. The molecule has 2 saturated heterocycles. The summed E-state index contributed by atoms with van der Waals surface area (Å²) in [5.74, 6) is -0.950. The maximum Gasteiger partial charge on any atom is 0.253 e. The van der Waals surface area contributed by atoms with Crippen molar-refractivity contribution in [1.29, 1.82) is 0 Å². The van der Waals surface area contributed by atoms with E-state index < -0.39 is 0 Å². The number of likely N-dealkylation sites (tertiary alicyclic amines) is 2. The molecular formula is C20H21N3O4. The number of benzene rings is 1. The van der Waals surface area contributed by atoms with Crippen LogP contribution in [-0.2, 0) is 14.4 Å². The van der Waals surface area contributed by atoms with Gasteiger partial charge < -0.3 is 10.2 Å². The van der Waals surface area contributed by atoms with Crippen molar-refractivity contribution in [2.75, 3.05) is 18.4 Å². The number of hydrogen-bond donors (Lipinski definition) is 1. The lowest BCUT2D eigenvalue weighted by Gasteiger charge is -2.43. The van der Waals surface area contributed by atoms with Crippen LogP contribution in [0.2, 0.25) is 0 Å². The first-order valence-corrected chi connectivity index (χ1v) is 9.14. The third-order valence-electron chi connectivity index (χ3n) is 5.51. The molecule has 7 nitrogen and oxygen atoms in total. The van der Waals surface area contributed by atoms with Crippen molar-refractivity contribution in [1.82, 2.24) is 9.80 Å². The first-order valence-electron chi connectivity index (χ1n) is 9.14. The second-order valence-electron chi connectivity index (χ2n) is 7.32.